The number of hydrogen-bond acceptors (Lipinski definition) is 7. The number of fused-ring (bicyclic) bond motifs is 1. The van der Waals surface area contributed by atoms with Crippen molar-refractivity contribution in [2.24, 2.45) is 0 Å². The minimum absolute atomic E-state index is 0.106. The van der Waals surface area contributed by atoms with Crippen molar-refractivity contribution >= 4 is 50.3 Å². The molecule has 0 aliphatic carbocycles. The minimum atomic E-state index is -4.49. The Morgan fingerprint density at radius 1 is 0.625 bits per heavy atom. The van der Waals surface area contributed by atoms with E-state index in [1.165, 1.54) is 42.5 Å². The Bertz CT molecular complexity index is 1800. The molecule has 0 aliphatic heterocycles. The zero-order valence-corrected chi connectivity index (χ0v) is 22.2. The fraction of sp³-hybridized carbons (Fsp3) is 0. The number of anilines is 1. The number of hydrogen-bond donors (Lipinski definition) is 0. The molecule has 0 bridgehead atoms. The van der Waals surface area contributed by atoms with E-state index >= 15 is 0 Å². The molecule has 0 aromatic heterocycles. The van der Waals surface area contributed by atoms with E-state index in [4.69, 9.17) is 25.8 Å². The van der Waals surface area contributed by atoms with Gasteiger partial charge in [0, 0.05) is 0 Å². The van der Waals surface area contributed by atoms with Crippen LogP contribution in [0, 0.1) is 0 Å². The third-order valence-corrected chi connectivity index (χ3v) is 7.65. The van der Waals surface area contributed by atoms with Gasteiger partial charge in [-0.3, -0.25) is 0 Å². The van der Waals surface area contributed by atoms with Crippen molar-refractivity contribution in [2.75, 3.05) is 4.31 Å². The van der Waals surface area contributed by atoms with Crippen LogP contribution in [0.1, 0.15) is 0 Å². The third kappa shape index (κ3) is 5.90. The van der Waals surface area contributed by atoms with E-state index in [1.54, 1.807) is 66.7 Å². The zero-order chi connectivity index (χ0) is 28.1. The van der Waals surface area contributed by atoms with Gasteiger partial charge < -0.3 is 14.2 Å². The standard InChI is InChI=1S/C30H20ClNO7S/c31-27-20-23(16-18-28(27)39-30(34)38-25-13-5-2-6-14-25)32(29(33)37-24-11-3-1-4-12-24)40(35,36)26-17-15-21-9-7-8-10-22(21)19-26/h1-20H. The van der Waals surface area contributed by atoms with Gasteiger partial charge in [-0.15, -0.1) is 0 Å². The summed E-state index contributed by atoms with van der Waals surface area (Å²) in [4.78, 5) is 25.4. The van der Waals surface area contributed by atoms with Gasteiger partial charge in [0.05, 0.1) is 15.6 Å². The van der Waals surface area contributed by atoms with Gasteiger partial charge in [0.1, 0.15) is 11.5 Å². The Hall–Kier alpha value is -4.86. The Kier molecular flexibility index (Phi) is 7.68. The predicted molar refractivity (Wildman–Crippen MR) is 151 cm³/mol. The summed E-state index contributed by atoms with van der Waals surface area (Å²) >= 11 is 6.35. The summed E-state index contributed by atoms with van der Waals surface area (Å²) in [6.45, 7) is 0. The smallest absolute Gasteiger partial charge is 0.409 e. The molecule has 5 aromatic rings. The average Bonchev–Trinajstić information content (AvgIpc) is 2.95. The highest BCUT2D eigenvalue weighted by atomic mass is 35.5. The fourth-order valence-electron chi connectivity index (χ4n) is 3.80. The van der Waals surface area contributed by atoms with Crippen LogP contribution < -0.4 is 18.5 Å². The molecule has 0 spiro atoms. The third-order valence-electron chi connectivity index (χ3n) is 5.66. The van der Waals surface area contributed by atoms with E-state index in [1.807, 2.05) is 12.1 Å². The second-order valence-corrected chi connectivity index (χ2v) is 10.5. The molecule has 5 aromatic carbocycles. The molecule has 0 fully saturated rings. The van der Waals surface area contributed by atoms with Crippen LogP contribution in [0.25, 0.3) is 10.8 Å². The molecule has 0 radical (unpaired) electrons. The molecule has 0 saturated heterocycles. The first-order chi connectivity index (χ1) is 19.3. The predicted octanol–water partition coefficient (Wildman–Crippen LogP) is 7.47. The van der Waals surface area contributed by atoms with Crippen molar-refractivity contribution in [2.45, 2.75) is 4.90 Å². The average molecular weight is 574 g/mol. The minimum Gasteiger partial charge on any atom is -0.409 e. The maximum absolute atomic E-state index is 13.9. The number of sulfonamides is 1. The number of amides is 1. The summed E-state index contributed by atoms with van der Waals surface area (Å²) in [5.74, 6) is 0.295. The summed E-state index contributed by atoms with van der Waals surface area (Å²) in [5.41, 5.74) is -0.136. The van der Waals surface area contributed by atoms with Crippen molar-refractivity contribution in [3.05, 3.63) is 126 Å². The van der Waals surface area contributed by atoms with E-state index < -0.39 is 22.3 Å². The van der Waals surface area contributed by atoms with Crippen molar-refractivity contribution in [3.8, 4) is 17.2 Å². The highest BCUT2D eigenvalue weighted by molar-refractivity contribution is 7.93. The van der Waals surface area contributed by atoms with Gasteiger partial charge in [-0.05, 0) is 65.4 Å². The summed E-state index contributed by atoms with van der Waals surface area (Å²) < 4.78 is 43.9. The van der Waals surface area contributed by atoms with Crippen molar-refractivity contribution in [1.29, 1.82) is 0 Å². The second-order valence-electron chi connectivity index (χ2n) is 8.34. The Balaban J connectivity index is 1.49. The SMILES string of the molecule is O=C(Oc1ccccc1)Oc1ccc(N(C(=O)Oc2ccccc2)S(=O)(=O)c2ccc3ccccc3c2)cc1Cl. The largest absolute Gasteiger partial charge is 0.519 e. The molecular formula is C30H20ClNO7S. The monoisotopic (exact) mass is 573 g/mol. The Labute approximate surface area is 235 Å². The Morgan fingerprint density at radius 2 is 1.23 bits per heavy atom. The van der Waals surface area contributed by atoms with Gasteiger partial charge in [0.15, 0.2) is 5.75 Å². The molecule has 1 amide bonds. The van der Waals surface area contributed by atoms with E-state index in [-0.39, 0.29) is 32.9 Å². The quantitative estimate of drug-likeness (QED) is 0.153. The van der Waals surface area contributed by atoms with Gasteiger partial charge in [0.25, 0.3) is 10.0 Å². The highest BCUT2D eigenvalue weighted by Gasteiger charge is 2.34. The van der Waals surface area contributed by atoms with Crippen LogP contribution in [0.5, 0.6) is 17.2 Å². The molecule has 0 saturated carbocycles. The van der Waals surface area contributed by atoms with Crippen molar-refractivity contribution < 1.29 is 32.2 Å². The number of ether oxygens (including phenoxy) is 3. The lowest BCUT2D eigenvalue weighted by Gasteiger charge is -2.22. The lowest BCUT2D eigenvalue weighted by atomic mass is 10.1. The number of carbonyl (C=O) groups excluding carboxylic acids is 2. The number of nitrogens with zero attached hydrogens (tertiary/aromatic N) is 1. The molecule has 8 nitrogen and oxygen atoms in total. The normalized spacial score (nSPS) is 11.0. The highest BCUT2D eigenvalue weighted by Crippen LogP contribution is 2.34. The van der Waals surface area contributed by atoms with E-state index in [0.29, 0.717) is 9.69 Å². The van der Waals surface area contributed by atoms with Crippen molar-refractivity contribution in [3.63, 3.8) is 0 Å². The van der Waals surface area contributed by atoms with Crippen molar-refractivity contribution in [1.82, 2.24) is 0 Å². The molecule has 0 unspecified atom stereocenters. The molecule has 0 aliphatic rings. The maximum atomic E-state index is 13.9. The van der Waals surface area contributed by atoms with Crippen LogP contribution in [-0.4, -0.2) is 20.7 Å². The first-order valence-corrected chi connectivity index (χ1v) is 13.7. The van der Waals surface area contributed by atoms with Crippen LogP contribution in [0.3, 0.4) is 0 Å². The van der Waals surface area contributed by atoms with Gasteiger partial charge in [-0.2, -0.15) is 4.31 Å². The fourth-order valence-corrected chi connectivity index (χ4v) is 5.37. The molecule has 0 atom stereocenters. The second kappa shape index (κ2) is 11.5. The molecule has 0 heterocycles. The molecule has 40 heavy (non-hydrogen) atoms. The first-order valence-electron chi connectivity index (χ1n) is 11.9. The summed E-state index contributed by atoms with van der Waals surface area (Å²) in [6.07, 6.45) is -2.24. The van der Waals surface area contributed by atoms with E-state index in [0.717, 1.165) is 5.39 Å². The summed E-state index contributed by atoms with van der Waals surface area (Å²) in [6, 6.07) is 31.7. The lowest BCUT2D eigenvalue weighted by Crippen LogP contribution is -2.39. The van der Waals surface area contributed by atoms with Crippen LogP contribution in [0.15, 0.2) is 126 Å². The molecule has 5 rings (SSSR count). The number of para-hydroxylation sites is 2. The molecule has 0 N–H and O–H groups in total. The number of halogens is 1. The van der Waals surface area contributed by atoms with E-state index in [2.05, 4.69) is 0 Å². The Morgan fingerprint density at radius 3 is 1.88 bits per heavy atom. The summed E-state index contributed by atoms with van der Waals surface area (Å²) in [5, 5.41) is 1.35. The number of rotatable bonds is 6. The topological polar surface area (TPSA) is 99.2 Å². The van der Waals surface area contributed by atoms with Crippen LogP contribution in [0.4, 0.5) is 15.3 Å². The van der Waals surface area contributed by atoms with Gasteiger partial charge in [0.2, 0.25) is 0 Å². The molecule has 10 heteroatoms. The number of carbonyl (C=O) groups is 2. The van der Waals surface area contributed by atoms with Crippen LogP contribution in [0.2, 0.25) is 5.02 Å². The van der Waals surface area contributed by atoms with Crippen LogP contribution >= 0.6 is 11.6 Å². The molecular weight excluding hydrogens is 554 g/mol. The van der Waals surface area contributed by atoms with Gasteiger partial charge in [-0.25, -0.2) is 18.0 Å². The van der Waals surface area contributed by atoms with Crippen LogP contribution in [-0.2, 0) is 10.0 Å². The maximum Gasteiger partial charge on any atom is 0.519 e. The van der Waals surface area contributed by atoms with Gasteiger partial charge >= 0.3 is 12.2 Å². The van der Waals surface area contributed by atoms with Gasteiger partial charge in [-0.1, -0.05) is 78.3 Å². The number of benzene rings is 5. The lowest BCUT2D eigenvalue weighted by molar-refractivity contribution is 0.152. The first kappa shape index (κ1) is 26.7. The zero-order valence-electron chi connectivity index (χ0n) is 20.6. The van der Waals surface area contributed by atoms with E-state index in [9.17, 15) is 18.0 Å². The molecule has 200 valence electrons. The summed E-state index contributed by atoms with van der Waals surface area (Å²) in [7, 11) is -4.49.